The highest BCUT2D eigenvalue weighted by atomic mass is 32.1. The largest absolute Gasteiger partial charge is 0.458 e. The van der Waals surface area contributed by atoms with Gasteiger partial charge < -0.3 is 14.4 Å². The Labute approximate surface area is 283 Å². The summed E-state index contributed by atoms with van der Waals surface area (Å²) in [5, 5.41) is 2.52. The third kappa shape index (κ3) is 4.21. The summed E-state index contributed by atoms with van der Waals surface area (Å²) in [6.07, 6.45) is 0. The van der Waals surface area contributed by atoms with E-state index in [4.69, 9.17) is 9.47 Å². The number of nitrogens with zero attached hydrogens (tertiary/aromatic N) is 1. The number of fused-ring (bicyclic) bond motifs is 7. The quantitative estimate of drug-likeness (QED) is 0.180. The molecular weight excluding hydrogens is 605 g/mol. The third-order valence-corrected chi connectivity index (χ3v) is 10.8. The van der Waals surface area contributed by atoms with Crippen LogP contribution in [0.4, 0.5) is 17.1 Å². The molecule has 3 heterocycles. The van der Waals surface area contributed by atoms with Gasteiger partial charge in [0.15, 0.2) is 0 Å². The molecule has 7 aromatic carbocycles. The number of hydrogen-bond acceptors (Lipinski definition) is 4. The molecule has 0 saturated carbocycles. The SMILES string of the molecule is Cc1ccc(N(c2cc3c4c(c2)Oc2ccccc2B4c2ccccc2O3)c2cc3c(cc2-c2ccccc2)sc2ccccc23)cc1. The smallest absolute Gasteiger partial charge is 0.260 e. The van der Waals surface area contributed by atoms with Crippen LogP contribution in [-0.2, 0) is 0 Å². The van der Waals surface area contributed by atoms with Gasteiger partial charge in [-0.2, -0.15) is 0 Å². The first kappa shape index (κ1) is 27.3. The number of ether oxygens (including phenoxy) is 2. The van der Waals surface area contributed by atoms with Gasteiger partial charge in [-0.25, -0.2) is 0 Å². The fourth-order valence-corrected chi connectivity index (χ4v) is 8.55. The summed E-state index contributed by atoms with van der Waals surface area (Å²) in [7, 11) is 0. The Morgan fingerprint density at radius 1 is 0.521 bits per heavy atom. The van der Waals surface area contributed by atoms with Gasteiger partial charge in [0.05, 0.1) is 11.4 Å². The number of thiophene rings is 1. The van der Waals surface area contributed by atoms with Gasteiger partial charge >= 0.3 is 0 Å². The second-order valence-corrected chi connectivity index (χ2v) is 13.7. The van der Waals surface area contributed by atoms with Crippen molar-refractivity contribution in [2.24, 2.45) is 0 Å². The number of rotatable bonds is 4. The Morgan fingerprint density at radius 3 is 1.85 bits per heavy atom. The Hall–Kier alpha value is -5.78. The first-order valence-electron chi connectivity index (χ1n) is 16.3. The zero-order valence-electron chi connectivity index (χ0n) is 26.2. The lowest BCUT2D eigenvalue weighted by Crippen LogP contribution is -2.57. The standard InChI is InChI=1S/C43H28BNO2S/c1-27-19-21-29(22-20-27)45(36-25-33-31-13-5-10-18-41(31)48-42(33)26-32(36)28-11-3-2-4-12-28)30-23-39-43-40(24-30)47-38-17-9-7-15-35(38)44(43)34-14-6-8-16-37(34)46-39/h2-26H,1H3. The van der Waals surface area contributed by atoms with Crippen LogP contribution in [0.3, 0.4) is 0 Å². The minimum atomic E-state index is 0.0279. The Morgan fingerprint density at radius 2 is 1.15 bits per heavy atom. The van der Waals surface area contributed by atoms with Crippen LogP contribution < -0.4 is 30.8 Å². The molecule has 2 aliphatic rings. The zero-order valence-corrected chi connectivity index (χ0v) is 27.0. The average Bonchev–Trinajstić information content (AvgIpc) is 3.50. The second-order valence-electron chi connectivity index (χ2n) is 12.6. The van der Waals surface area contributed by atoms with Crippen LogP contribution in [0.15, 0.2) is 152 Å². The molecular formula is C43H28BNO2S. The lowest BCUT2D eigenvalue weighted by molar-refractivity contribution is 0.465. The van der Waals surface area contributed by atoms with E-state index in [0.29, 0.717) is 0 Å². The van der Waals surface area contributed by atoms with Crippen LogP contribution in [0.5, 0.6) is 23.0 Å². The second kappa shape index (κ2) is 10.6. The number of anilines is 3. The van der Waals surface area contributed by atoms with E-state index >= 15 is 0 Å². The van der Waals surface area contributed by atoms with Crippen molar-refractivity contribution in [2.45, 2.75) is 6.92 Å². The molecule has 0 N–H and O–H groups in total. The third-order valence-electron chi connectivity index (χ3n) is 9.65. The molecule has 1 aromatic heterocycles. The molecule has 0 fully saturated rings. The van der Waals surface area contributed by atoms with Gasteiger partial charge in [-0.1, -0.05) is 103 Å². The Balaban J connectivity index is 1.26. The minimum Gasteiger partial charge on any atom is -0.458 e. The molecule has 0 amide bonds. The molecule has 10 rings (SSSR count). The van der Waals surface area contributed by atoms with Crippen molar-refractivity contribution in [3.63, 3.8) is 0 Å². The van der Waals surface area contributed by atoms with Gasteiger partial charge in [-0.15, -0.1) is 11.3 Å². The van der Waals surface area contributed by atoms with Gasteiger partial charge in [-0.05, 0) is 65.9 Å². The maximum atomic E-state index is 6.75. The normalized spacial score (nSPS) is 12.6. The van der Waals surface area contributed by atoms with Crippen molar-refractivity contribution in [2.75, 3.05) is 4.90 Å². The molecule has 0 radical (unpaired) electrons. The lowest BCUT2D eigenvalue weighted by Gasteiger charge is -2.35. The summed E-state index contributed by atoms with van der Waals surface area (Å²) in [6, 6.07) is 54.1. The van der Waals surface area contributed by atoms with Crippen LogP contribution in [0.25, 0.3) is 31.3 Å². The van der Waals surface area contributed by atoms with E-state index in [9.17, 15) is 0 Å². The molecule has 2 aliphatic heterocycles. The van der Waals surface area contributed by atoms with Crippen LogP contribution in [0, 0.1) is 6.92 Å². The number of benzene rings is 7. The van der Waals surface area contributed by atoms with Crippen LogP contribution in [0.2, 0.25) is 0 Å². The maximum Gasteiger partial charge on any atom is 0.260 e. The monoisotopic (exact) mass is 633 g/mol. The molecule has 0 atom stereocenters. The molecule has 8 aromatic rings. The molecule has 48 heavy (non-hydrogen) atoms. The molecule has 226 valence electrons. The molecule has 0 saturated heterocycles. The summed E-state index contributed by atoms with van der Waals surface area (Å²) in [5.41, 5.74) is 10.1. The van der Waals surface area contributed by atoms with Crippen LogP contribution in [0.1, 0.15) is 5.56 Å². The molecule has 0 bridgehead atoms. The van der Waals surface area contributed by atoms with E-state index < -0.39 is 0 Å². The first-order valence-corrected chi connectivity index (χ1v) is 17.1. The van der Waals surface area contributed by atoms with E-state index in [-0.39, 0.29) is 6.71 Å². The Bertz CT molecular complexity index is 2470. The number of para-hydroxylation sites is 2. The van der Waals surface area contributed by atoms with E-state index in [2.05, 4.69) is 151 Å². The predicted molar refractivity (Wildman–Crippen MR) is 202 cm³/mol. The summed E-state index contributed by atoms with van der Waals surface area (Å²) >= 11 is 1.85. The minimum absolute atomic E-state index is 0.0279. The number of aryl methyl sites for hydroxylation is 1. The molecule has 3 nitrogen and oxygen atoms in total. The van der Waals surface area contributed by atoms with Crippen molar-refractivity contribution >= 4 is 71.7 Å². The first-order chi connectivity index (χ1) is 23.7. The van der Waals surface area contributed by atoms with Crippen molar-refractivity contribution < 1.29 is 9.47 Å². The van der Waals surface area contributed by atoms with Gasteiger partial charge in [0.1, 0.15) is 23.0 Å². The molecule has 0 unspecified atom stereocenters. The van der Waals surface area contributed by atoms with E-state index in [1.807, 2.05) is 23.5 Å². The summed E-state index contributed by atoms with van der Waals surface area (Å²) < 4.78 is 16.0. The summed E-state index contributed by atoms with van der Waals surface area (Å²) in [5.74, 6) is 3.41. The number of hydrogen-bond donors (Lipinski definition) is 0. The van der Waals surface area contributed by atoms with Crippen LogP contribution in [-0.4, -0.2) is 6.71 Å². The van der Waals surface area contributed by atoms with Gasteiger partial charge in [0, 0.05) is 49.0 Å². The van der Waals surface area contributed by atoms with Crippen molar-refractivity contribution in [1.29, 1.82) is 0 Å². The van der Waals surface area contributed by atoms with Gasteiger partial charge in [-0.3, -0.25) is 0 Å². The van der Waals surface area contributed by atoms with Gasteiger partial charge in [0.2, 0.25) is 0 Å². The predicted octanol–water partition coefficient (Wildman–Crippen LogP) is 10.2. The zero-order chi connectivity index (χ0) is 31.8. The fraction of sp³-hybridized carbons (Fsp3) is 0.0233. The van der Waals surface area contributed by atoms with Crippen molar-refractivity contribution in [3.05, 3.63) is 157 Å². The summed E-state index contributed by atoms with van der Waals surface area (Å²) in [4.78, 5) is 2.37. The highest BCUT2D eigenvalue weighted by molar-refractivity contribution is 7.25. The topological polar surface area (TPSA) is 21.7 Å². The van der Waals surface area contributed by atoms with Crippen LogP contribution >= 0.6 is 11.3 Å². The highest BCUT2D eigenvalue weighted by Crippen LogP contribution is 2.48. The highest BCUT2D eigenvalue weighted by Gasteiger charge is 2.40. The van der Waals surface area contributed by atoms with Gasteiger partial charge in [0.25, 0.3) is 6.71 Å². The maximum absolute atomic E-state index is 6.75. The van der Waals surface area contributed by atoms with Crippen molar-refractivity contribution in [1.82, 2.24) is 0 Å². The lowest BCUT2D eigenvalue weighted by atomic mass is 9.35. The average molecular weight is 634 g/mol. The Kier molecular flexibility index (Phi) is 6.05. The fourth-order valence-electron chi connectivity index (χ4n) is 7.42. The summed E-state index contributed by atoms with van der Waals surface area (Å²) in [6.45, 7) is 2.16. The molecule has 0 aliphatic carbocycles. The van der Waals surface area contributed by atoms with E-state index in [1.54, 1.807) is 0 Å². The van der Waals surface area contributed by atoms with E-state index in [1.165, 1.54) is 31.3 Å². The molecule has 5 heteroatoms. The molecule has 0 spiro atoms. The van der Waals surface area contributed by atoms with E-state index in [0.717, 1.165) is 62.0 Å². The van der Waals surface area contributed by atoms with Crippen molar-refractivity contribution in [3.8, 4) is 34.1 Å².